The van der Waals surface area contributed by atoms with Crippen molar-refractivity contribution < 1.29 is 0 Å². The lowest BCUT2D eigenvalue weighted by Gasteiger charge is -1.85. The van der Waals surface area contributed by atoms with Gasteiger partial charge in [-0.1, -0.05) is 36.5 Å². The van der Waals surface area contributed by atoms with E-state index in [-0.39, 0.29) is 0 Å². The van der Waals surface area contributed by atoms with Gasteiger partial charge in [0.15, 0.2) is 0 Å². The van der Waals surface area contributed by atoms with Crippen LogP contribution in [0, 0.1) is 11.3 Å². The Morgan fingerprint density at radius 3 is 2.69 bits per heavy atom. The second-order valence-corrected chi connectivity index (χ2v) is 2.71. The van der Waals surface area contributed by atoms with E-state index >= 15 is 0 Å². The van der Waals surface area contributed by atoms with Crippen LogP contribution in [0.2, 0.25) is 0 Å². The van der Waals surface area contributed by atoms with Gasteiger partial charge < -0.3 is 0 Å². The highest BCUT2D eigenvalue weighted by Crippen LogP contribution is 1.96. The quantitative estimate of drug-likeness (QED) is 0.342. The zero-order chi connectivity index (χ0) is 9.78. The molecule has 0 atom stereocenters. The summed E-state index contributed by atoms with van der Waals surface area (Å²) >= 11 is 0. The monoisotopic (exact) mass is 175 g/mol. The maximum absolute atomic E-state index is 8.27. The summed E-state index contributed by atoms with van der Waals surface area (Å²) in [5.74, 6) is 0. The number of nitrogens with zero attached hydrogens (tertiary/aromatic N) is 1. The molecular weight excluding hydrogens is 158 g/mol. The smallest absolute Gasteiger partial charge is 0.0621 e. The van der Waals surface area contributed by atoms with E-state index in [0.717, 1.165) is 19.3 Å². The van der Waals surface area contributed by atoms with Gasteiger partial charge in [0, 0.05) is 6.42 Å². The van der Waals surface area contributed by atoms with Crippen molar-refractivity contribution in [2.45, 2.75) is 32.6 Å². The Morgan fingerprint density at radius 1 is 1.15 bits per heavy atom. The molecule has 0 spiro atoms. The number of unbranched alkanes of at least 4 members (excludes halogenated alkanes) is 2. The van der Waals surface area contributed by atoms with Crippen LogP contribution in [0.5, 0.6) is 0 Å². The molecule has 0 radical (unpaired) electrons. The Bertz CT molecular complexity index is 216. The number of allylic oxidation sites excluding steroid dienone is 6. The molecule has 0 aliphatic heterocycles. The van der Waals surface area contributed by atoms with E-state index in [2.05, 4.69) is 24.3 Å². The van der Waals surface area contributed by atoms with Gasteiger partial charge >= 0.3 is 0 Å². The average molecular weight is 175 g/mol. The number of hydrogen-bond acceptors (Lipinski definition) is 1. The molecule has 0 bridgehead atoms. The van der Waals surface area contributed by atoms with Crippen LogP contribution in [0.15, 0.2) is 36.5 Å². The van der Waals surface area contributed by atoms with Crippen LogP contribution in [-0.2, 0) is 0 Å². The van der Waals surface area contributed by atoms with E-state index < -0.39 is 0 Å². The Balaban J connectivity index is 3.27. The number of hydrogen-bond donors (Lipinski definition) is 0. The van der Waals surface area contributed by atoms with E-state index in [0.29, 0.717) is 6.42 Å². The summed E-state index contributed by atoms with van der Waals surface area (Å²) in [6, 6.07) is 2.13. The van der Waals surface area contributed by atoms with Crippen molar-refractivity contribution in [3.8, 4) is 6.07 Å². The maximum atomic E-state index is 8.27. The van der Waals surface area contributed by atoms with Crippen molar-refractivity contribution in [3.63, 3.8) is 0 Å². The van der Waals surface area contributed by atoms with Gasteiger partial charge in [0.1, 0.15) is 0 Å². The van der Waals surface area contributed by atoms with Gasteiger partial charge in [-0.05, 0) is 26.2 Å². The topological polar surface area (TPSA) is 23.8 Å². The van der Waals surface area contributed by atoms with Crippen molar-refractivity contribution >= 4 is 0 Å². The van der Waals surface area contributed by atoms with Crippen LogP contribution in [0.3, 0.4) is 0 Å². The van der Waals surface area contributed by atoms with Crippen LogP contribution in [0.25, 0.3) is 0 Å². The highest BCUT2D eigenvalue weighted by molar-refractivity contribution is 5.03. The van der Waals surface area contributed by atoms with Crippen molar-refractivity contribution in [1.29, 1.82) is 5.26 Å². The molecule has 0 aromatic rings. The lowest BCUT2D eigenvalue weighted by atomic mass is 10.2. The first kappa shape index (κ1) is 11.7. The van der Waals surface area contributed by atoms with E-state index in [1.165, 1.54) is 0 Å². The van der Waals surface area contributed by atoms with Gasteiger partial charge in [-0.3, -0.25) is 0 Å². The molecule has 0 saturated heterocycles. The molecule has 0 aliphatic rings. The van der Waals surface area contributed by atoms with Crippen molar-refractivity contribution in [2.24, 2.45) is 0 Å². The molecule has 70 valence electrons. The summed E-state index contributed by atoms with van der Waals surface area (Å²) < 4.78 is 0. The molecule has 0 rings (SSSR count). The Kier molecular flexibility index (Phi) is 9.65. The largest absolute Gasteiger partial charge is 0.198 e. The number of rotatable bonds is 6. The molecule has 0 N–H and O–H groups in total. The average Bonchev–Trinajstić information content (AvgIpc) is 2.16. The Hall–Kier alpha value is -1.29. The van der Waals surface area contributed by atoms with Crippen LogP contribution >= 0.6 is 0 Å². The fourth-order valence-corrected chi connectivity index (χ4v) is 0.860. The second-order valence-electron chi connectivity index (χ2n) is 2.71. The predicted octanol–water partition coefficient (Wildman–Crippen LogP) is 3.76. The summed E-state index contributed by atoms with van der Waals surface area (Å²) in [7, 11) is 0. The first-order valence-electron chi connectivity index (χ1n) is 4.71. The van der Waals surface area contributed by atoms with Gasteiger partial charge in [0.05, 0.1) is 6.07 Å². The molecule has 0 amide bonds. The maximum Gasteiger partial charge on any atom is 0.0621 e. The Labute approximate surface area is 81.1 Å². The molecule has 0 aromatic carbocycles. The normalized spacial score (nSPS) is 11.7. The molecule has 0 aliphatic carbocycles. The minimum atomic E-state index is 0.665. The van der Waals surface area contributed by atoms with Crippen molar-refractivity contribution in [1.82, 2.24) is 0 Å². The SMILES string of the molecule is C/C=C/C=C/C/C=C/CCCC#N. The highest BCUT2D eigenvalue weighted by atomic mass is 14.2. The van der Waals surface area contributed by atoms with E-state index in [4.69, 9.17) is 5.26 Å². The third kappa shape index (κ3) is 10.7. The molecular formula is C12H17N. The minimum absolute atomic E-state index is 0.665. The molecule has 0 fully saturated rings. The molecule has 13 heavy (non-hydrogen) atoms. The predicted molar refractivity (Wildman–Crippen MR) is 57.2 cm³/mol. The van der Waals surface area contributed by atoms with Crippen LogP contribution in [0.4, 0.5) is 0 Å². The lowest BCUT2D eigenvalue weighted by molar-refractivity contribution is 0.874. The zero-order valence-corrected chi connectivity index (χ0v) is 8.24. The van der Waals surface area contributed by atoms with Crippen LogP contribution in [0.1, 0.15) is 32.6 Å². The van der Waals surface area contributed by atoms with E-state index in [1.54, 1.807) is 0 Å². The zero-order valence-electron chi connectivity index (χ0n) is 8.24. The molecule has 1 nitrogen and oxygen atoms in total. The molecule has 1 heteroatoms. The summed E-state index contributed by atoms with van der Waals surface area (Å²) in [5.41, 5.74) is 0. The van der Waals surface area contributed by atoms with E-state index in [1.807, 2.05) is 25.2 Å². The summed E-state index contributed by atoms with van der Waals surface area (Å²) in [5, 5.41) is 8.27. The fraction of sp³-hybridized carbons (Fsp3) is 0.417. The third-order valence-electron chi connectivity index (χ3n) is 1.54. The van der Waals surface area contributed by atoms with Gasteiger partial charge in [-0.25, -0.2) is 0 Å². The molecule has 0 saturated carbocycles. The second kappa shape index (κ2) is 10.7. The summed E-state index contributed by atoms with van der Waals surface area (Å²) in [6.07, 6.45) is 16.1. The highest BCUT2D eigenvalue weighted by Gasteiger charge is 1.79. The van der Waals surface area contributed by atoms with Crippen molar-refractivity contribution in [3.05, 3.63) is 36.5 Å². The standard InChI is InChI=1S/C12H17N/c1-2-3-4-5-6-7-8-9-10-11-12-13/h2-5,7-8H,6,9-11H2,1H3/b3-2+,5-4+,8-7+. The molecule has 0 heterocycles. The third-order valence-corrected chi connectivity index (χ3v) is 1.54. The molecule has 0 aromatic heterocycles. The lowest BCUT2D eigenvalue weighted by Crippen LogP contribution is -1.68. The summed E-state index contributed by atoms with van der Waals surface area (Å²) in [4.78, 5) is 0. The van der Waals surface area contributed by atoms with Crippen LogP contribution in [-0.4, -0.2) is 0 Å². The van der Waals surface area contributed by atoms with Gasteiger partial charge in [-0.15, -0.1) is 0 Å². The van der Waals surface area contributed by atoms with Crippen molar-refractivity contribution in [2.75, 3.05) is 0 Å². The van der Waals surface area contributed by atoms with Gasteiger partial charge in [-0.2, -0.15) is 5.26 Å². The number of nitriles is 1. The fourth-order valence-electron chi connectivity index (χ4n) is 0.860. The Morgan fingerprint density at radius 2 is 2.00 bits per heavy atom. The summed E-state index contributed by atoms with van der Waals surface area (Å²) in [6.45, 7) is 2.00. The molecule has 0 unspecified atom stereocenters. The minimum Gasteiger partial charge on any atom is -0.198 e. The van der Waals surface area contributed by atoms with Crippen LogP contribution < -0.4 is 0 Å². The first-order valence-corrected chi connectivity index (χ1v) is 4.71. The van der Waals surface area contributed by atoms with Gasteiger partial charge in [0.25, 0.3) is 0 Å². The van der Waals surface area contributed by atoms with Gasteiger partial charge in [0.2, 0.25) is 0 Å². The van der Waals surface area contributed by atoms with E-state index in [9.17, 15) is 0 Å². The first-order chi connectivity index (χ1) is 6.41.